The Morgan fingerprint density at radius 2 is 1.88 bits per heavy atom. The molecule has 0 saturated heterocycles. The maximum absolute atomic E-state index is 10.2. The van der Waals surface area contributed by atoms with Gasteiger partial charge in [0.1, 0.15) is 0 Å². The van der Waals surface area contributed by atoms with Crippen molar-refractivity contribution in [1.29, 1.82) is 0 Å². The van der Waals surface area contributed by atoms with Gasteiger partial charge in [-0.15, -0.1) is 0 Å². The molecular weight excluding hydrogens is 212 g/mol. The minimum Gasteiger partial charge on any atom is -0.388 e. The summed E-state index contributed by atoms with van der Waals surface area (Å²) in [6, 6.07) is 0.592. The first-order valence-corrected chi connectivity index (χ1v) is 6.90. The summed E-state index contributed by atoms with van der Waals surface area (Å²) in [5.74, 6) is 1.66. The highest BCUT2D eigenvalue weighted by Crippen LogP contribution is 2.29. The molecule has 0 heterocycles. The molecule has 0 bridgehead atoms. The van der Waals surface area contributed by atoms with Crippen LogP contribution in [0.15, 0.2) is 0 Å². The summed E-state index contributed by atoms with van der Waals surface area (Å²) in [7, 11) is 4.00. The van der Waals surface area contributed by atoms with Gasteiger partial charge >= 0.3 is 0 Å². The molecule has 1 rings (SSSR count). The zero-order valence-corrected chi connectivity index (χ0v) is 12.2. The fourth-order valence-electron chi connectivity index (χ4n) is 2.83. The van der Waals surface area contributed by atoms with Gasteiger partial charge in [-0.3, -0.25) is 0 Å². The zero-order chi connectivity index (χ0) is 13.1. The summed E-state index contributed by atoms with van der Waals surface area (Å²) in [6.07, 6.45) is 3.82. The molecule has 0 radical (unpaired) electrons. The van der Waals surface area contributed by atoms with E-state index in [4.69, 9.17) is 0 Å². The number of hydrogen-bond donors (Lipinski definition) is 2. The summed E-state index contributed by atoms with van der Waals surface area (Å²) in [5, 5.41) is 13.8. The van der Waals surface area contributed by atoms with Gasteiger partial charge in [-0.2, -0.15) is 0 Å². The van der Waals surface area contributed by atoms with Crippen LogP contribution in [0.25, 0.3) is 0 Å². The van der Waals surface area contributed by atoms with Crippen molar-refractivity contribution in [3.8, 4) is 0 Å². The van der Waals surface area contributed by atoms with E-state index in [-0.39, 0.29) is 0 Å². The molecule has 0 amide bonds. The van der Waals surface area contributed by atoms with E-state index >= 15 is 0 Å². The molecule has 1 fully saturated rings. The van der Waals surface area contributed by atoms with E-state index in [1.54, 1.807) is 0 Å². The van der Waals surface area contributed by atoms with Gasteiger partial charge in [0.05, 0.1) is 5.60 Å². The van der Waals surface area contributed by atoms with Gasteiger partial charge in [-0.05, 0) is 52.1 Å². The van der Waals surface area contributed by atoms with E-state index in [0.29, 0.717) is 19.1 Å². The molecule has 17 heavy (non-hydrogen) atoms. The van der Waals surface area contributed by atoms with Gasteiger partial charge in [0.2, 0.25) is 0 Å². The first-order valence-electron chi connectivity index (χ1n) is 6.90. The normalized spacial score (nSPS) is 33.7. The van der Waals surface area contributed by atoms with Gasteiger partial charge in [0.25, 0.3) is 0 Å². The predicted octanol–water partition coefficient (Wildman–Crippen LogP) is 1.71. The van der Waals surface area contributed by atoms with Crippen molar-refractivity contribution in [2.24, 2.45) is 11.8 Å². The van der Waals surface area contributed by atoms with Crippen LogP contribution in [0, 0.1) is 11.8 Å². The fraction of sp³-hybridized carbons (Fsp3) is 1.00. The van der Waals surface area contributed by atoms with Crippen molar-refractivity contribution >= 4 is 0 Å². The van der Waals surface area contributed by atoms with Gasteiger partial charge in [0, 0.05) is 19.1 Å². The average Bonchev–Trinajstić information content (AvgIpc) is 2.18. The number of nitrogens with zero attached hydrogens (tertiary/aromatic N) is 1. The lowest BCUT2D eigenvalue weighted by molar-refractivity contribution is 0.0285. The van der Waals surface area contributed by atoms with Gasteiger partial charge in [0.15, 0.2) is 0 Å². The van der Waals surface area contributed by atoms with Crippen molar-refractivity contribution in [2.45, 2.75) is 51.7 Å². The second kappa shape index (κ2) is 6.17. The quantitative estimate of drug-likeness (QED) is 0.770. The minimum atomic E-state index is -0.629. The van der Waals surface area contributed by atoms with E-state index < -0.39 is 5.60 Å². The Hall–Kier alpha value is -0.120. The van der Waals surface area contributed by atoms with Gasteiger partial charge in [-0.25, -0.2) is 0 Å². The van der Waals surface area contributed by atoms with Crippen molar-refractivity contribution < 1.29 is 5.11 Å². The summed E-state index contributed by atoms with van der Waals surface area (Å²) < 4.78 is 0. The monoisotopic (exact) mass is 242 g/mol. The topological polar surface area (TPSA) is 35.5 Å². The number of likely N-dealkylation sites (N-methyl/N-ethyl adjacent to an activating group) is 1. The first-order chi connectivity index (χ1) is 7.80. The summed E-state index contributed by atoms with van der Waals surface area (Å²) >= 11 is 0. The molecular formula is C14H30N2O. The molecule has 2 N–H and O–H groups in total. The molecule has 102 valence electrons. The summed E-state index contributed by atoms with van der Waals surface area (Å²) in [5.41, 5.74) is -0.629. The second-order valence-corrected chi connectivity index (χ2v) is 6.58. The standard InChI is InChI=1S/C14H30N2O/c1-11-6-7-13(8-12(11)2)15-9-14(3,17)10-16(4)5/h11-13,15,17H,6-10H2,1-5H3. The van der Waals surface area contributed by atoms with Crippen molar-refractivity contribution in [1.82, 2.24) is 10.2 Å². The smallest absolute Gasteiger partial charge is 0.0869 e. The van der Waals surface area contributed by atoms with Crippen LogP contribution in [0.4, 0.5) is 0 Å². The molecule has 1 aliphatic rings. The Balaban J connectivity index is 2.31. The Morgan fingerprint density at radius 1 is 1.24 bits per heavy atom. The van der Waals surface area contributed by atoms with Crippen LogP contribution in [0.5, 0.6) is 0 Å². The van der Waals surface area contributed by atoms with Gasteiger partial charge < -0.3 is 15.3 Å². The van der Waals surface area contributed by atoms with Gasteiger partial charge in [-0.1, -0.05) is 13.8 Å². The largest absolute Gasteiger partial charge is 0.388 e. The van der Waals surface area contributed by atoms with Crippen LogP contribution < -0.4 is 5.32 Å². The predicted molar refractivity (Wildman–Crippen MR) is 73.1 cm³/mol. The third kappa shape index (κ3) is 5.36. The van der Waals surface area contributed by atoms with E-state index in [1.165, 1.54) is 19.3 Å². The van der Waals surface area contributed by atoms with Crippen molar-refractivity contribution in [3.63, 3.8) is 0 Å². The summed E-state index contributed by atoms with van der Waals surface area (Å²) in [4.78, 5) is 2.03. The van der Waals surface area contributed by atoms with E-state index in [2.05, 4.69) is 19.2 Å². The van der Waals surface area contributed by atoms with Crippen LogP contribution in [-0.4, -0.2) is 48.8 Å². The molecule has 0 aromatic heterocycles. The molecule has 0 aromatic rings. The number of aliphatic hydroxyl groups is 1. The molecule has 0 aliphatic heterocycles. The lowest BCUT2D eigenvalue weighted by Gasteiger charge is -2.35. The molecule has 0 spiro atoms. The molecule has 3 nitrogen and oxygen atoms in total. The highest BCUT2D eigenvalue weighted by molar-refractivity contribution is 4.84. The van der Waals surface area contributed by atoms with Crippen molar-refractivity contribution in [2.75, 3.05) is 27.2 Å². The Morgan fingerprint density at radius 3 is 2.41 bits per heavy atom. The number of hydrogen-bond acceptors (Lipinski definition) is 3. The lowest BCUT2D eigenvalue weighted by atomic mass is 9.79. The Kier molecular flexibility index (Phi) is 5.42. The van der Waals surface area contributed by atoms with E-state index in [1.807, 2.05) is 25.9 Å². The molecule has 4 atom stereocenters. The third-order valence-corrected chi connectivity index (χ3v) is 4.03. The lowest BCUT2D eigenvalue weighted by Crippen LogP contribution is -2.49. The highest BCUT2D eigenvalue weighted by Gasteiger charge is 2.27. The molecule has 1 aliphatic carbocycles. The average molecular weight is 242 g/mol. The highest BCUT2D eigenvalue weighted by atomic mass is 16.3. The molecule has 3 heteroatoms. The maximum atomic E-state index is 10.2. The van der Waals surface area contributed by atoms with Crippen LogP contribution >= 0.6 is 0 Å². The zero-order valence-electron chi connectivity index (χ0n) is 12.2. The van der Waals surface area contributed by atoms with Crippen LogP contribution in [-0.2, 0) is 0 Å². The minimum absolute atomic E-state index is 0.592. The van der Waals surface area contributed by atoms with Crippen LogP contribution in [0.3, 0.4) is 0 Å². The fourth-order valence-corrected chi connectivity index (χ4v) is 2.83. The molecule has 1 saturated carbocycles. The summed E-state index contributed by atoms with van der Waals surface area (Å²) in [6.45, 7) is 8.00. The van der Waals surface area contributed by atoms with Crippen LogP contribution in [0.2, 0.25) is 0 Å². The van der Waals surface area contributed by atoms with Crippen LogP contribution in [0.1, 0.15) is 40.0 Å². The Labute approximate surface area is 107 Å². The maximum Gasteiger partial charge on any atom is 0.0869 e. The number of rotatable bonds is 5. The Bertz CT molecular complexity index is 228. The molecule has 4 unspecified atom stereocenters. The molecule has 0 aromatic carbocycles. The number of nitrogens with one attached hydrogen (secondary N) is 1. The van der Waals surface area contributed by atoms with E-state index in [9.17, 15) is 5.11 Å². The first kappa shape index (κ1) is 14.9. The SMILES string of the molecule is CC1CCC(NCC(C)(O)CN(C)C)CC1C. The third-order valence-electron chi connectivity index (χ3n) is 4.03. The van der Waals surface area contributed by atoms with Crippen molar-refractivity contribution in [3.05, 3.63) is 0 Å². The van der Waals surface area contributed by atoms with E-state index in [0.717, 1.165) is 11.8 Å². The second-order valence-electron chi connectivity index (χ2n) is 6.58.